The predicted molar refractivity (Wildman–Crippen MR) is 118 cm³/mol. The minimum absolute atomic E-state index is 0.0483. The van der Waals surface area contributed by atoms with Gasteiger partial charge in [0.1, 0.15) is 5.60 Å². The zero-order valence-corrected chi connectivity index (χ0v) is 19.9. The maximum absolute atomic E-state index is 13.4. The van der Waals surface area contributed by atoms with Gasteiger partial charge in [0.05, 0.1) is 13.2 Å². The van der Waals surface area contributed by atoms with Crippen LogP contribution < -0.4 is 5.32 Å². The molecule has 0 bridgehead atoms. The summed E-state index contributed by atoms with van der Waals surface area (Å²) < 4.78 is 21.5. The number of carbonyl (C=O) groups excluding carboxylic acids is 3. The van der Waals surface area contributed by atoms with Crippen molar-refractivity contribution in [1.29, 1.82) is 0 Å². The molecule has 1 aliphatic rings. The molecule has 2 rings (SSSR count). The maximum atomic E-state index is 13.4. The van der Waals surface area contributed by atoms with Crippen molar-refractivity contribution in [2.75, 3.05) is 26.9 Å². The summed E-state index contributed by atoms with van der Waals surface area (Å²) in [6.45, 7) is 9.02. The van der Waals surface area contributed by atoms with E-state index in [1.165, 1.54) is 7.11 Å². The number of esters is 2. The monoisotopic (exact) mass is 449 g/mol. The predicted octanol–water partition coefficient (Wildman–Crippen LogP) is 3.37. The topological polar surface area (TPSA) is 100 Å². The van der Waals surface area contributed by atoms with Crippen LogP contribution in [0.15, 0.2) is 24.3 Å². The summed E-state index contributed by atoms with van der Waals surface area (Å²) in [5, 5.41) is 2.89. The van der Waals surface area contributed by atoms with Gasteiger partial charge < -0.3 is 24.3 Å². The average Bonchev–Trinajstić information content (AvgIpc) is 3.06. The smallest absolute Gasteiger partial charge is 0.407 e. The number of rotatable bonds is 9. The lowest BCUT2D eigenvalue weighted by molar-refractivity contribution is -0.176. The van der Waals surface area contributed by atoms with E-state index < -0.39 is 41.0 Å². The van der Waals surface area contributed by atoms with Crippen LogP contribution in [0.4, 0.5) is 4.79 Å². The molecule has 0 saturated heterocycles. The van der Waals surface area contributed by atoms with Crippen molar-refractivity contribution in [2.45, 2.75) is 65.0 Å². The van der Waals surface area contributed by atoms with Gasteiger partial charge in [0.25, 0.3) is 0 Å². The first-order valence-corrected chi connectivity index (χ1v) is 11.0. The maximum Gasteiger partial charge on any atom is 0.407 e. The Kier molecular flexibility index (Phi) is 8.66. The minimum atomic E-state index is -1.69. The summed E-state index contributed by atoms with van der Waals surface area (Å²) >= 11 is 0. The second-order valence-corrected chi connectivity index (χ2v) is 8.79. The fraction of sp³-hybridized carbons (Fsp3) is 0.625. The van der Waals surface area contributed by atoms with Gasteiger partial charge in [-0.05, 0) is 58.6 Å². The molecular formula is C24H35NO7. The molecule has 32 heavy (non-hydrogen) atoms. The Hall–Kier alpha value is -2.61. The lowest BCUT2D eigenvalue weighted by Crippen LogP contribution is -2.54. The van der Waals surface area contributed by atoms with Crippen LogP contribution in [0.5, 0.6) is 0 Å². The summed E-state index contributed by atoms with van der Waals surface area (Å²) in [5.74, 6) is -2.08. The molecule has 8 nitrogen and oxygen atoms in total. The van der Waals surface area contributed by atoms with Crippen molar-refractivity contribution in [1.82, 2.24) is 5.32 Å². The van der Waals surface area contributed by atoms with E-state index in [4.69, 9.17) is 18.9 Å². The minimum Gasteiger partial charge on any atom is -0.465 e. The first-order valence-electron chi connectivity index (χ1n) is 11.0. The first-order chi connectivity index (χ1) is 15.1. The van der Waals surface area contributed by atoms with Crippen molar-refractivity contribution < 1.29 is 33.3 Å². The standard InChI is InChI=1S/C24H35NO7/c1-7-30-20(26)24(13-14-29-6,21(27)31-8-2)19-17-12-10-9-11-16(17)15-18(19)25-22(28)32-23(3,4)5/h9-12,18-19H,7-8,13-15H2,1-6H3,(H,25,28)/t18-,19-/m1/s1. The Morgan fingerprint density at radius 2 is 1.62 bits per heavy atom. The first kappa shape index (κ1) is 25.6. The third-order valence-electron chi connectivity index (χ3n) is 5.45. The van der Waals surface area contributed by atoms with E-state index in [9.17, 15) is 14.4 Å². The van der Waals surface area contributed by atoms with Crippen molar-refractivity contribution in [2.24, 2.45) is 5.41 Å². The van der Waals surface area contributed by atoms with Crippen LogP contribution in [0, 0.1) is 5.41 Å². The molecule has 0 saturated carbocycles. The van der Waals surface area contributed by atoms with Crippen molar-refractivity contribution in [3.05, 3.63) is 35.4 Å². The molecule has 2 atom stereocenters. The number of alkyl carbamates (subject to hydrolysis) is 1. The number of hydrogen-bond acceptors (Lipinski definition) is 7. The molecule has 178 valence electrons. The third-order valence-corrected chi connectivity index (χ3v) is 5.45. The molecular weight excluding hydrogens is 414 g/mol. The second-order valence-electron chi connectivity index (χ2n) is 8.79. The number of ether oxygens (including phenoxy) is 4. The van der Waals surface area contributed by atoms with Crippen molar-refractivity contribution >= 4 is 18.0 Å². The molecule has 0 unspecified atom stereocenters. The van der Waals surface area contributed by atoms with Gasteiger partial charge in [-0.25, -0.2) is 4.79 Å². The van der Waals surface area contributed by atoms with E-state index in [0.29, 0.717) is 6.42 Å². The Balaban J connectivity index is 2.61. The van der Waals surface area contributed by atoms with E-state index in [0.717, 1.165) is 11.1 Å². The highest BCUT2D eigenvalue weighted by Crippen LogP contribution is 2.49. The van der Waals surface area contributed by atoms with Crippen molar-refractivity contribution in [3.63, 3.8) is 0 Å². The van der Waals surface area contributed by atoms with Gasteiger partial charge in [0.2, 0.25) is 0 Å². The van der Waals surface area contributed by atoms with E-state index in [1.807, 2.05) is 24.3 Å². The van der Waals surface area contributed by atoms with Crippen molar-refractivity contribution in [3.8, 4) is 0 Å². The van der Waals surface area contributed by atoms with Gasteiger partial charge in [0.15, 0.2) is 5.41 Å². The lowest BCUT2D eigenvalue weighted by Gasteiger charge is -2.38. The van der Waals surface area contributed by atoms with Gasteiger partial charge in [-0.1, -0.05) is 24.3 Å². The summed E-state index contributed by atoms with van der Waals surface area (Å²) in [6.07, 6.45) is -0.131. The van der Waals surface area contributed by atoms with Crippen LogP contribution in [0.25, 0.3) is 0 Å². The van der Waals surface area contributed by atoms with Gasteiger partial charge in [-0.15, -0.1) is 0 Å². The molecule has 1 aromatic rings. The number of amides is 1. The van der Waals surface area contributed by atoms with Crippen LogP contribution in [0.2, 0.25) is 0 Å². The normalized spacial score (nSPS) is 17.9. The highest BCUT2D eigenvalue weighted by Gasteiger charge is 2.59. The molecule has 8 heteroatoms. The fourth-order valence-electron chi connectivity index (χ4n) is 4.28. The second kappa shape index (κ2) is 10.8. The molecule has 1 aliphatic carbocycles. The lowest BCUT2D eigenvalue weighted by atomic mass is 9.68. The number of benzene rings is 1. The third kappa shape index (κ3) is 5.59. The van der Waals surface area contributed by atoms with Crippen LogP contribution in [0.1, 0.15) is 58.1 Å². The van der Waals surface area contributed by atoms with E-state index in [-0.39, 0.29) is 26.2 Å². The SMILES string of the molecule is CCOC(=O)C(CCOC)(C(=O)OCC)[C@@H]1c2ccccc2C[C@H]1NC(=O)OC(C)(C)C. The summed E-state index contributed by atoms with van der Waals surface area (Å²) in [6, 6.07) is 6.96. The number of hydrogen-bond donors (Lipinski definition) is 1. The highest BCUT2D eigenvalue weighted by molar-refractivity contribution is 6.02. The Bertz CT molecular complexity index is 797. The molecule has 1 N–H and O–H groups in total. The number of fused-ring (bicyclic) bond motifs is 1. The van der Waals surface area contributed by atoms with Gasteiger partial charge >= 0.3 is 18.0 Å². The molecule has 1 aromatic carbocycles. The molecule has 0 heterocycles. The quantitative estimate of drug-likeness (QED) is 0.350. The van der Waals surface area contributed by atoms with Crippen LogP contribution in [-0.2, 0) is 35.0 Å². The summed E-state index contributed by atoms with van der Waals surface area (Å²) in [4.78, 5) is 39.5. The molecule has 0 spiro atoms. The Morgan fingerprint density at radius 1 is 1.03 bits per heavy atom. The molecule has 1 amide bonds. The molecule has 0 aliphatic heterocycles. The number of nitrogens with one attached hydrogen (secondary N) is 1. The van der Waals surface area contributed by atoms with Gasteiger partial charge in [0, 0.05) is 25.7 Å². The summed E-state index contributed by atoms with van der Waals surface area (Å²) in [5.41, 5.74) is -0.644. The molecule has 0 radical (unpaired) electrons. The Labute approximate surface area is 189 Å². The van der Waals surface area contributed by atoms with Crippen LogP contribution in [0.3, 0.4) is 0 Å². The average molecular weight is 450 g/mol. The van der Waals surface area contributed by atoms with E-state index >= 15 is 0 Å². The zero-order chi connectivity index (χ0) is 23.9. The molecule has 0 fully saturated rings. The largest absolute Gasteiger partial charge is 0.465 e. The van der Waals surface area contributed by atoms with Crippen LogP contribution in [-0.4, -0.2) is 56.6 Å². The Morgan fingerprint density at radius 3 is 2.16 bits per heavy atom. The van der Waals surface area contributed by atoms with E-state index in [1.54, 1.807) is 34.6 Å². The number of carbonyl (C=O) groups is 3. The van der Waals surface area contributed by atoms with Gasteiger partial charge in [-0.2, -0.15) is 0 Å². The molecule has 0 aromatic heterocycles. The fourth-order valence-corrected chi connectivity index (χ4v) is 4.28. The van der Waals surface area contributed by atoms with Gasteiger partial charge in [-0.3, -0.25) is 9.59 Å². The highest BCUT2D eigenvalue weighted by atomic mass is 16.6. The number of methoxy groups -OCH3 is 1. The van der Waals surface area contributed by atoms with Crippen LogP contribution >= 0.6 is 0 Å². The van der Waals surface area contributed by atoms with E-state index in [2.05, 4.69) is 5.32 Å². The summed E-state index contributed by atoms with van der Waals surface area (Å²) in [7, 11) is 1.50. The zero-order valence-electron chi connectivity index (χ0n) is 19.9.